The van der Waals surface area contributed by atoms with E-state index in [-0.39, 0.29) is 24.3 Å². The van der Waals surface area contributed by atoms with E-state index < -0.39 is 0 Å². The molecule has 2 saturated heterocycles. The number of amides is 3. The Morgan fingerprint density at radius 3 is 2.59 bits per heavy atom. The Balaban J connectivity index is 1.47. The number of morpholine rings is 1. The van der Waals surface area contributed by atoms with Gasteiger partial charge in [-0.05, 0) is 6.42 Å². The van der Waals surface area contributed by atoms with Crippen LogP contribution in [0.15, 0.2) is 36.5 Å². The molecule has 2 aromatic rings. The average molecular weight is 438 g/mol. The van der Waals surface area contributed by atoms with Crippen molar-refractivity contribution in [1.82, 2.24) is 25.1 Å². The van der Waals surface area contributed by atoms with Crippen LogP contribution >= 0.6 is 0 Å². The van der Waals surface area contributed by atoms with Gasteiger partial charge in [0.2, 0.25) is 11.8 Å². The highest BCUT2D eigenvalue weighted by molar-refractivity contribution is 5.95. The number of nitrogens with zero attached hydrogens (tertiary/aromatic N) is 4. The molecule has 4 rings (SSSR count). The summed E-state index contributed by atoms with van der Waals surface area (Å²) in [4.78, 5) is 49.5. The van der Waals surface area contributed by atoms with Gasteiger partial charge in [0, 0.05) is 50.8 Å². The van der Waals surface area contributed by atoms with Crippen molar-refractivity contribution in [2.45, 2.75) is 19.3 Å². The van der Waals surface area contributed by atoms with Crippen molar-refractivity contribution >= 4 is 17.7 Å². The Hall–Kier alpha value is -3.33. The number of aromatic nitrogens is 2. The molecular weight excluding hydrogens is 410 g/mol. The molecule has 9 nitrogen and oxygen atoms in total. The lowest BCUT2D eigenvalue weighted by Crippen LogP contribution is -2.41. The number of carbonyl (C=O) groups is 3. The molecule has 9 heteroatoms. The maximum absolute atomic E-state index is 13.1. The first-order chi connectivity index (χ1) is 15.6. The van der Waals surface area contributed by atoms with E-state index in [4.69, 9.17) is 4.74 Å². The minimum Gasteiger partial charge on any atom is -0.378 e. The third-order valence-electron chi connectivity index (χ3n) is 5.62. The maximum Gasteiger partial charge on any atom is 0.257 e. The van der Waals surface area contributed by atoms with Crippen LogP contribution in [0.1, 0.15) is 28.9 Å². The van der Waals surface area contributed by atoms with Gasteiger partial charge >= 0.3 is 0 Å². The van der Waals surface area contributed by atoms with Gasteiger partial charge in [0.25, 0.3) is 5.91 Å². The summed E-state index contributed by atoms with van der Waals surface area (Å²) in [6, 6.07) is 9.56. The largest absolute Gasteiger partial charge is 0.378 e. The predicted molar refractivity (Wildman–Crippen MR) is 117 cm³/mol. The van der Waals surface area contributed by atoms with Crippen molar-refractivity contribution < 1.29 is 19.1 Å². The Bertz CT molecular complexity index is 976. The summed E-state index contributed by atoms with van der Waals surface area (Å²) in [6.07, 6.45) is 3.26. The monoisotopic (exact) mass is 437 g/mol. The van der Waals surface area contributed by atoms with Crippen LogP contribution in [0.25, 0.3) is 11.4 Å². The van der Waals surface area contributed by atoms with Crippen molar-refractivity contribution in [3.63, 3.8) is 0 Å². The second-order valence-electron chi connectivity index (χ2n) is 7.84. The first-order valence-electron chi connectivity index (χ1n) is 10.9. The Kier molecular flexibility index (Phi) is 7.06. The van der Waals surface area contributed by atoms with Crippen LogP contribution in [0, 0.1) is 0 Å². The molecule has 2 aliphatic heterocycles. The average Bonchev–Trinajstić information content (AvgIpc) is 3.23. The van der Waals surface area contributed by atoms with Crippen LogP contribution in [0.3, 0.4) is 0 Å². The predicted octanol–water partition coefficient (Wildman–Crippen LogP) is 0.897. The number of ether oxygens (including phenoxy) is 1. The number of nitrogens with one attached hydrogen (secondary N) is 1. The molecule has 0 unspecified atom stereocenters. The molecule has 1 aromatic heterocycles. The molecule has 0 aliphatic carbocycles. The Morgan fingerprint density at radius 1 is 1.09 bits per heavy atom. The molecule has 3 heterocycles. The molecule has 2 aliphatic rings. The fourth-order valence-electron chi connectivity index (χ4n) is 3.87. The SMILES string of the molecule is O=C(CN1CCCC1=O)NCCc1nc(-c2ccccc2)ncc1C(=O)N1CCOCC1. The zero-order chi connectivity index (χ0) is 22.3. The first kappa shape index (κ1) is 21.9. The van der Waals surface area contributed by atoms with Crippen molar-refractivity contribution in [2.24, 2.45) is 0 Å². The van der Waals surface area contributed by atoms with Gasteiger partial charge in [-0.25, -0.2) is 9.97 Å². The standard InChI is InChI=1S/C23H27N5O4/c29-20(16-28-10-4-7-21(28)30)24-9-8-19-18(23(31)27-11-13-32-14-12-27)15-25-22(26-19)17-5-2-1-3-6-17/h1-3,5-6,15H,4,7-14,16H2,(H,24,29). The third-order valence-corrected chi connectivity index (χ3v) is 5.62. The number of rotatable bonds is 7. The van der Waals surface area contributed by atoms with Gasteiger partial charge in [-0.3, -0.25) is 14.4 Å². The first-order valence-corrected chi connectivity index (χ1v) is 10.9. The third kappa shape index (κ3) is 5.28. The molecule has 1 N–H and O–H groups in total. The fourth-order valence-corrected chi connectivity index (χ4v) is 3.87. The van der Waals surface area contributed by atoms with E-state index in [0.717, 1.165) is 12.0 Å². The molecule has 0 bridgehead atoms. The molecular formula is C23H27N5O4. The fraction of sp³-hybridized carbons (Fsp3) is 0.435. The van der Waals surface area contributed by atoms with E-state index in [1.165, 1.54) is 0 Å². The van der Waals surface area contributed by atoms with Gasteiger partial charge in [0.05, 0.1) is 31.0 Å². The minimum atomic E-state index is -0.210. The highest BCUT2D eigenvalue weighted by Crippen LogP contribution is 2.18. The summed E-state index contributed by atoms with van der Waals surface area (Å²) in [7, 11) is 0. The number of hydrogen-bond acceptors (Lipinski definition) is 6. The summed E-state index contributed by atoms with van der Waals surface area (Å²) in [5.41, 5.74) is 1.89. The van der Waals surface area contributed by atoms with Crippen LogP contribution < -0.4 is 5.32 Å². The second kappa shape index (κ2) is 10.3. The summed E-state index contributed by atoms with van der Waals surface area (Å²) in [6.45, 7) is 3.08. The molecule has 0 radical (unpaired) electrons. The van der Waals surface area contributed by atoms with Crippen molar-refractivity contribution in [2.75, 3.05) is 45.9 Å². The molecule has 0 saturated carbocycles. The van der Waals surface area contributed by atoms with E-state index in [9.17, 15) is 14.4 Å². The molecule has 32 heavy (non-hydrogen) atoms. The van der Waals surface area contributed by atoms with Gasteiger partial charge in [-0.1, -0.05) is 30.3 Å². The topological polar surface area (TPSA) is 105 Å². The molecule has 2 fully saturated rings. The smallest absolute Gasteiger partial charge is 0.257 e. The number of benzene rings is 1. The van der Waals surface area contributed by atoms with Gasteiger partial charge in [0.1, 0.15) is 0 Å². The van der Waals surface area contributed by atoms with E-state index >= 15 is 0 Å². The van der Waals surface area contributed by atoms with Crippen LogP contribution in [0.2, 0.25) is 0 Å². The zero-order valence-corrected chi connectivity index (χ0v) is 18.0. The molecule has 0 atom stereocenters. The number of carbonyl (C=O) groups excluding carboxylic acids is 3. The van der Waals surface area contributed by atoms with E-state index in [0.29, 0.717) is 69.3 Å². The lowest BCUT2D eigenvalue weighted by atomic mass is 10.1. The minimum absolute atomic E-state index is 0.0156. The van der Waals surface area contributed by atoms with Gasteiger partial charge in [-0.2, -0.15) is 0 Å². The number of hydrogen-bond donors (Lipinski definition) is 1. The van der Waals surface area contributed by atoms with Gasteiger partial charge in [0.15, 0.2) is 5.82 Å². The van der Waals surface area contributed by atoms with Crippen molar-refractivity contribution in [3.05, 3.63) is 47.8 Å². The maximum atomic E-state index is 13.1. The highest BCUT2D eigenvalue weighted by atomic mass is 16.5. The van der Waals surface area contributed by atoms with Crippen LogP contribution in [0.4, 0.5) is 0 Å². The van der Waals surface area contributed by atoms with E-state index in [2.05, 4.69) is 15.3 Å². The summed E-state index contributed by atoms with van der Waals surface area (Å²) in [5, 5.41) is 2.85. The van der Waals surface area contributed by atoms with E-state index in [1.54, 1.807) is 16.0 Å². The summed E-state index contributed by atoms with van der Waals surface area (Å²) >= 11 is 0. The lowest BCUT2D eigenvalue weighted by molar-refractivity contribution is -0.133. The highest BCUT2D eigenvalue weighted by Gasteiger charge is 2.24. The second-order valence-corrected chi connectivity index (χ2v) is 7.84. The number of likely N-dealkylation sites (tertiary alicyclic amines) is 1. The summed E-state index contributed by atoms with van der Waals surface area (Å²) in [5.74, 6) is 0.213. The Labute approximate surface area is 186 Å². The zero-order valence-electron chi connectivity index (χ0n) is 18.0. The van der Waals surface area contributed by atoms with Crippen LogP contribution in [-0.2, 0) is 20.7 Å². The van der Waals surface area contributed by atoms with Crippen molar-refractivity contribution in [1.29, 1.82) is 0 Å². The van der Waals surface area contributed by atoms with Crippen LogP contribution in [-0.4, -0.2) is 83.4 Å². The van der Waals surface area contributed by atoms with Gasteiger partial charge in [-0.15, -0.1) is 0 Å². The quantitative estimate of drug-likeness (QED) is 0.690. The molecule has 1 aromatic carbocycles. The van der Waals surface area contributed by atoms with Gasteiger partial charge < -0.3 is 19.9 Å². The molecule has 3 amide bonds. The van der Waals surface area contributed by atoms with E-state index in [1.807, 2.05) is 30.3 Å². The van der Waals surface area contributed by atoms with Crippen LogP contribution in [0.5, 0.6) is 0 Å². The summed E-state index contributed by atoms with van der Waals surface area (Å²) < 4.78 is 5.35. The normalized spacial score (nSPS) is 16.3. The van der Waals surface area contributed by atoms with Crippen molar-refractivity contribution in [3.8, 4) is 11.4 Å². The molecule has 0 spiro atoms. The lowest BCUT2D eigenvalue weighted by Gasteiger charge is -2.27. The Morgan fingerprint density at radius 2 is 1.88 bits per heavy atom. The molecule has 168 valence electrons.